The fraction of sp³-hybridized carbons (Fsp3) is 0.750. The van der Waals surface area contributed by atoms with E-state index in [1.165, 1.54) is 6.92 Å². The van der Waals surface area contributed by atoms with Crippen LogP contribution in [-0.4, -0.2) is 42.3 Å². The van der Waals surface area contributed by atoms with E-state index >= 15 is 0 Å². The van der Waals surface area contributed by atoms with Gasteiger partial charge in [-0.05, 0) is 19.8 Å². The van der Waals surface area contributed by atoms with Crippen LogP contribution in [0.25, 0.3) is 0 Å². The summed E-state index contributed by atoms with van der Waals surface area (Å²) in [6.45, 7) is 5.57. The van der Waals surface area contributed by atoms with Gasteiger partial charge < -0.3 is 20.5 Å². The van der Waals surface area contributed by atoms with Crippen molar-refractivity contribution in [3.05, 3.63) is 0 Å². The standard InChI is InChI=1S/C12H22N2O5/c1-4-9(6-10(15)16)7-13-12(18)14-8(3)11(17)19-5-2/h8-9H,4-7H2,1-3H3,(H,15,16)(H2,13,14,18). The zero-order valence-corrected chi connectivity index (χ0v) is 11.6. The molecule has 7 heteroatoms. The van der Waals surface area contributed by atoms with E-state index in [2.05, 4.69) is 10.6 Å². The number of amides is 2. The summed E-state index contributed by atoms with van der Waals surface area (Å²) < 4.78 is 4.74. The summed E-state index contributed by atoms with van der Waals surface area (Å²) in [6, 6.07) is -1.25. The number of carboxylic acid groups (broad SMARTS) is 1. The molecular weight excluding hydrogens is 252 g/mol. The monoisotopic (exact) mass is 274 g/mol. The van der Waals surface area contributed by atoms with Crippen LogP contribution in [0.3, 0.4) is 0 Å². The van der Waals surface area contributed by atoms with Crippen LogP contribution in [0.1, 0.15) is 33.6 Å². The van der Waals surface area contributed by atoms with Crippen LogP contribution >= 0.6 is 0 Å². The topological polar surface area (TPSA) is 105 Å². The molecule has 0 aliphatic heterocycles. The lowest BCUT2D eigenvalue weighted by atomic mass is 10.0. The lowest BCUT2D eigenvalue weighted by Crippen LogP contribution is -2.46. The minimum absolute atomic E-state index is 0.00418. The van der Waals surface area contributed by atoms with Gasteiger partial charge in [-0.3, -0.25) is 4.79 Å². The molecule has 0 rings (SSSR count). The highest BCUT2D eigenvalue weighted by Gasteiger charge is 2.17. The molecule has 0 spiro atoms. The molecule has 0 aromatic rings. The number of aliphatic carboxylic acids is 1. The van der Waals surface area contributed by atoms with Crippen molar-refractivity contribution >= 4 is 18.0 Å². The summed E-state index contributed by atoms with van der Waals surface area (Å²) in [6.07, 6.45) is 0.657. The molecule has 7 nitrogen and oxygen atoms in total. The lowest BCUT2D eigenvalue weighted by molar-refractivity contribution is -0.144. The van der Waals surface area contributed by atoms with Crippen molar-refractivity contribution < 1.29 is 24.2 Å². The van der Waals surface area contributed by atoms with Crippen LogP contribution in [-0.2, 0) is 14.3 Å². The largest absolute Gasteiger partial charge is 0.481 e. The van der Waals surface area contributed by atoms with Gasteiger partial charge in [-0.1, -0.05) is 13.3 Å². The Morgan fingerprint density at radius 3 is 2.37 bits per heavy atom. The summed E-state index contributed by atoms with van der Waals surface area (Å²) in [5.41, 5.74) is 0. The number of carboxylic acids is 1. The van der Waals surface area contributed by atoms with E-state index in [0.717, 1.165) is 0 Å². The first-order valence-electron chi connectivity index (χ1n) is 6.33. The maximum absolute atomic E-state index is 11.5. The molecule has 3 N–H and O–H groups in total. The van der Waals surface area contributed by atoms with E-state index in [-0.39, 0.29) is 25.5 Å². The van der Waals surface area contributed by atoms with E-state index in [9.17, 15) is 14.4 Å². The van der Waals surface area contributed by atoms with Gasteiger partial charge in [-0.15, -0.1) is 0 Å². The van der Waals surface area contributed by atoms with Crippen LogP contribution < -0.4 is 10.6 Å². The zero-order valence-electron chi connectivity index (χ0n) is 11.6. The predicted octanol–water partition coefficient (Wildman–Crippen LogP) is 0.738. The second kappa shape index (κ2) is 9.18. The van der Waals surface area contributed by atoms with Crippen molar-refractivity contribution in [2.75, 3.05) is 13.2 Å². The van der Waals surface area contributed by atoms with Gasteiger partial charge >= 0.3 is 18.0 Å². The first-order valence-corrected chi connectivity index (χ1v) is 6.33. The maximum atomic E-state index is 11.5. The Hall–Kier alpha value is -1.79. The summed E-state index contributed by atoms with van der Waals surface area (Å²) in [4.78, 5) is 33.3. The summed E-state index contributed by atoms with van der Waals surface area (Å²) in [5, 5.41) is 13.6. The normalized spacial score (nSPS) is 13.2. The second-order valence-corrected chi connectivity index (χ2v) is 4.20. The number of urea groups is 1. The molecule has 0 heterocycles. The van der Waals surface area contributed by atoms with Crippen LogP contribution in [0.15, 0.2) is 0 Å². The zero-order chi connectivity index (χ0) is 14.8. The van der Waals surface area contributed by atoms with Crippen LogP contribution in [0.2, 0.25) is 0 Å². The number of esters is 1. The van der Waals surface area contributed by atoms with Gasteiger partial charge in [0.15, 0.2) is 0 Å². The SMILES string of the molecule is CCOC(=O)C(C)NC(=O)NCC(CC)CC(=O)O. The number of carbonyl (C=O) groups excluding carboxylic acids is 2. The molecule has 2 atom stereocenters. The Kier molecular flexibility index (Phi) is 8.32. The number of ether oxygens (including phenoxy) is 1. The fourth-order valence-corrected chi connectivity index (χ4v) is 1.42. The highest BCUT2D eigenvalue weighted by atomic mass is 16.5. The van der Waals surface area contributed by atoms with Gasteiger partial charge in [0.2, 0.25) is 0 Å². The fourth-order valence-electron chi connectivity index (χ4n) is 1.42. The summed E-state index contributed by atoms with van der Waals surface area (Å²) in [5.74, 6) is -1.52. The molecule has 0 aromatic heterocycles. The molecule has 0 aliphatic carbocycles. The summed E-state index contributed by atoms with van der Waals surface area (Å²) >= 11 is 0. The molecule has 0 aliphatic rings. The predicted molar refractivity (Wildman–Crippen MR) is 68.7 cm³/mol. The molecule has 19 heavy (non-hydrogen) atoms. The molecule has 0 fully saturated rings. The molecule has 2 unspecified atom stereocenters. The van der Waals surface area contributed by atoms with Crippen molar-refractivity contribution in [3.8, 4) is 0 Å². The minimum Gasteiger partial charge on any atom is -0.481 e. The van der Waals surface area contributed by atoms with Gasteiger partial charge in [0.1, 0.15) is 6.04 Å². The third-order valence-corrected chi connectivity index (χ3v) is 2.58. The molecular formula is C12H22N2O5. The Labute approximate surface area is 112 Å². The highest BCUT2D eigenvalue weighted by molar-refractivity contribution is 5.83. The number of rotatable bonds is 8. The first-order chi connectivity index (χ1) is 8.90. The summed E-state index contributed by atoms with van der Waals surface area (Å²) in [7, 11) is 0. The van der Waals surface area contributed by atoms with Crippen molar-refractivity contribution in [3.63, 3.8) is 0 Å². The van der Waals surface area contributed by atoms with Crippen LogP contribution in [0.4, 0.5) is 4.79 Å². The van der Waals surface area contributed by atoms with Crippen molar-refractivity contribution in [1.82, 2.24) is 10.6 Å². The maximum Gasteiger partial charge on any atom is 0.328 e. The smallest absolute Gasteiger partial charge is 0.328 e. The lowest BCUT2D eigenvalue weighted by Gasteiger charge is -2.16. The third kappa shape index (κ3) is 8.01. The third-order valence-electron chi connectivity index (χ3n) is 2.58. The van der Waals surface area contributed by atoms with Crippen LogP contribution in [0, 0.1) is 5.92 Å². The van der Waals surface area contributed by atoms with Gasteiger partial charge in [0.05, 0.1) is 6.61 Å². The van der Waals surface area contributed by atoms with Gasteiger partial charge in [-0.2, -0.15) is 0 Å². The Balaban J connectivity index is 4.03. The van der Waals surface area contributed by atoms with Gasteiger partial charge in [0, 0.05) is 13.0 Å². The molecule has 0 aromatic carbocycles. The number of hydrogen-bond acceptors (Lipinski definition) is 4. The van der Waals surface area contributed by atoms with E-state index in [0.29, 0.717) is 6.42 Å². The highest BCUT2D eigenvalue weighted by Crippen LogP contribution is 2.06. The molecule has 0 radical (unpaired) electrons. The van der Waals surface area contributed by atoms with Gasteiger partial charge in [0.25, 0.3) is 0 Å². The average molecular weight is 274 g/mol. The Morgan fingerprint density at radius 2 is 1.89 bits per heavy atom. The number of hydrogen-bond donors (Lipinski definition) is 3. The van der Waals surface area contributed by atoms with Gasteiger partial charge in [-0.25, -0.2) is 9.59 Å². The van der Waals surface area contributed by atoms with Crippen molar-refractivity contribution in [2.24, 2.45) is 5.92 Å². The second-order valence-electron chi connectivity index (χ2n) is 4.20. The quantitative estimate of drug-likeness (QED) is 0.566. The average Bonchev–Trinajstić information content (AvgIpc) is 2.34. The molecule has 0 bridgehead atoms. The molecule has 110 valence electrons. The van der Waals surface area contributed by atoms with Crippen molar-refractivity contribution in [2.45, 2.75) is 39.7 Å². The van der Waals surface area contributed by atoms with Crippen LogP contribution in [0.5, 0.6) is 0 Å². The molecule has 2 amide bonds. The van der Waals surface area contributed by atoms with Crippen molar-refractivity contribution in [1.29, 1.82) is 0 Å². The Bertz CT molecular complexity index is 319. The number of nitrogens with one attached hydrogen (secondary N) is 2. The van der Waals surface area contributed by atoms with E-state index in [1.54, 1.807) is 6.92 Å². The first kappa shape index (κ1) is 17.2. The van der Waals surface area contributed by atoms with E-state index < -0.39 is 24.0 Å². The minimum atomic E-state index is -0.894. The van der Waals surface area contributed by atoms with E-state index in [4.69, 9.17) is 9.84 Å². The van der Waals surface area contributed by atoms with E-state index in [1.807, 2.05) is 6.92 Å². The molecule has 0 saturated heterocycles. The molecule has 0 saturated carbocycles. The number of carbonyl (C=O) groups is 3. The Morgan fingerprint density at radius 1 is 1.26 bits per heavy atom.